The Hall–Kier alpha value is -2.05. The summed E-state index contributed by atoms with van der Waals surface area (Å²) in [4.78, 5) is 25.4. The first kappa shape index (κ1) is 9.50. The van der Waals surface area contributed by atoms with Gasteiger partial charge in [-0.15, -0.1) is 0 Å². The van der Waals surface area contributed by atoms with Crippen molar-refractivity contribution in [3.8, 4) is 0 Å². The first-order valence-electron chi connectivity index (χ1n) is 3.80. The van der Waals surface area contributed by atoms with Crippen molar-refractivity contribution in [3.63, 3.8) is 0 Å². The summed E-state index contributed by atoms with van der Waals surface area (Å²) in [5.74, 6) is -4.17. The van der Waals surface area contributed by atoms with Gasteiger partial charge < -0.3 is 4.98 Å². The second-order valence-electron chi connectivity index (χ2n) is 2.81. The first-order chi connectivity index (χ1) is 7.00. The molecule has 0 fully saturated rings. The van der Waals surface area contributed by atoms with E-state index in [4.69, 9.17) is 0 Å². The number of aromatic amines is 2. The van der Waals surface area contributed by atoms with Gasteiger partial charge in [0.2, 0.25) is 0 Å². The van der Waals surface area contributed by atoms with Gasteiger partial charge in [0.25, 0.3) is 5.56 Å². The summed E-state index contributed by atoms with van der Waals surface area (Å²) in [7, 11) is 0. The van der Waals surface area contributed by atoms with Crippen LogP contribution in [-0.4, -0.2) is 9.97 Å². The van der Waals surface area contributed by atoms with Gasteiger partial charge in [-0.05, 0) is 0 Å². The van der Waals surface area contributed by atoms with Crippen molar-refractivity contribution in [2.24, 2.45) is 0 Å². The van der Waals surface area contributed by atoms with Crippen LogP contribution in [0.2, 0.25) is 0 Å². The topological polar surface area (TPSA) is 65.7 Å². The predicted molar refractivity (Wildman–Crippen MR) is 45.1 cm³/mol. The maximum atomic E-state index is 13.1. The molecule has 4 nitrogen and oxygen atoms in total. The number of fused-ring (bicyclic) bond motifs is 1. The molecule has 1 aromatic heterocycles. The van der Waals surface area contributed by atoms with Crippen molar-refractivity contribution in [1.82, 2.24) is 9.97 Å². The smallest absolute Gasteiger partial charge is 0.304 e. The third-order valence-electron chi connectivity index (χ3n) is 1.86. The van der Waals surface area contributed by atoms with Crippen LogP contribution in [0.15, 0.2) is 15.7 Å². The lowest BCUT2D eigenvalue weighted by atomic mass is 10.2. The van der Waals surface area contributed by atoms with E-state index in [9.17, 15) is 22.8 Å². The molecular formula is C8H3F3N2O2. The Kier molecular flexibility index (Phi) is 1.88. The summed E-state index contributed by atoms with van der Waals surface area (Å²) in [6.45, 7) is 0. The molecule has 0 aliphatic carbocycles. The Labute approximate surface area is 79.4 Å². The van der Waals surface area contributed by atoms with Crippen LogP contribution in [-0.2, 0) is 0 Å². The van der Waals surface area contributed by atoms with E-state index in [1.54, 1.807) is 4.98 Å². The third-order valence-corrected chi connectivity index (χ3v) is 1.86. The van der Waals surface area contributed by atoms with Gasteiger partial charge in [0.05, 0.1) is 5.52 Å². The molecule has 1 heterocycles. The van der Waals surface area contributed by atoms with Crippen molar-refractivity contribution in [1.29, 1.82) is 0 Å². The largest absolute Gasteiger partial charge is 0.326 e. The molecule has 7 heteroatoms. The van der Waals surface area contributed by atoms with Crippen LogP contribution in [0.4, 0.5) is 13.2 Å². The number of aromatic nitrogens is 2. The number of hydrogen-bond acceptors (Lipinski definition) is 2. The van der Waals surface area contributed by atoms with Crippen molar-refractivity contribution in [2.75, 3.05) is 0 Å². The number of nitrogens with one attached hydrogen (secondary N) is 2. The van der Waals surface area contributed by atoms with Crippen molar-refractivity contribution < 1.29 is 13.2 Å². The van der Waals surface area contributed by atoms with Gasteiger partial charge in [-0.3, -0.25) is 9.78 Å². The maximum Gasteiger partial charge on any atom is 0.326 e. The molecule has 0 spiro atoms. The standard InChI is InChI=1S/C8H3F3N2O2/c9-2-1-3(10)5(11)6-4(2)7(14)13-8(15)12-6/h1H,(H2,12,13,14,15). The van der Waals surface area contributed by atoms with E-state index in [-0.39, 0.29) is 6.07 Å². The van der Waals surface area contributed by atoms with Crippen LogP contribution in [0.1, 0.15) is 0 Å². The zero-order chi connectivity index (χ0) is 11.2. The second-order valence-corrected chi connectivity index (χ2v) is 2.81. The molecule has 2 rings (SSSR count). The Morgan fingerprint density at radius 2 is 1.67 bits per heavy atom. The molecule has 78 valence electrons. The normalized spacial score (nSPS) is 10.9. The van der Waals surface area contributed by atoms with Gasteiger partial charge in [0.15, 0.2) is 11.6 Å². The van der Waals surface area contributed by atoms with Crippen LogP contribution in [0.3, 0.4) is 0 Å². The SMILES string of the molecule is O=c1[nH]c(=O)c2c(F)cc(F)c(F)c2[nH]1. The van der Waals surface area contributed by atoms with Crippen molar-refractivity contribution >= 4 is 10.9 Å². The highest BCUT2D eigenvalue weighted by molar-refractivity contribution is 5.78. The van der Waals surface area contributed by atoms with E-state index in [1.165, 1.54) is 0 Å². The maximum absolute atomic E-state index is 13.1. The minimum absolute atomic E-state index is 0.241. The monoisotopic (exact) mass is 216 g/mol. The molecule has 0 atom stereocenters. The van der Waals surface area contributed by atoms with E-state index in [0.717, 1.165) is 0 Å². The van der Waals surface area contributed by atoms with Gasteiger partial charge in [0.1, 0.15) is 11.2 Å². The van der Waals surface area contributed by atoms with Gasteiger partial charge in [-0.1, -0.05) is 0 Å². The molecule has 0 saturated heterocycles. The molecule has 0 aliphatic rings. The molecule has 2 aromatic rings. The minimum atomic E-state index is -1.47. The van der Waals surface area contributed by atoms with Crippen LogP contribution in [0.25, 0.3) is 10.9 Å². The Balaban J connectivity index is 3.17. The summed E-state index contributed by atoms with van der Waals surface area (Å²) >= 11 is 0. The quantitative estimate of drug-likeness (QED) is 0.634. The number of halogens is 3. The van der Waals surface area contributed by atoms with Crippen molar-refractivity contribution in [3.05, 3.63) is 44.4 Å². The summed E-state index contributed by atoms with van der Waals surface area (Å²) in [6, 6.07) is 0.241. The molecule has 2 N–H and O–H groups in total. The lowest BCUT2D eigenvalue weighted by Gasteiger charge is -2.00. The van der Waals surface area contributed by atoms with E-state index in [2.05, 4.69) is 0 Å². The molecule has 0 unspecified atom stereocenters. The Morgan fingerprint density at radius 3 is 2.33 bits per heavy atom. The van der Waals surface area contributed by atoms with Crippen LogP contribution < -0.4 is 11.2 Å². The number of benzene rings is 1. The lowest BCUT2D eigenvalue weighted by Crippen LogP contribution is -2.23. The highest BCUT2D eigenvalue weighted by Gasteiger charge is 2.15. The molecular weight excluding hydrogens is 213 g/mol. The van der Waals surface area contributed by atoms with Crippen molar-refractivity contribution in [2.45, 2.75) is 0 Å². The molecule has 0 radical (unpaired) electrons. The number of hydrogen-bond donors (Lipinski definition) is 2. The first-order valence-corrected chi connectivity index (χ1v) is 3.80. The van der Waals surface area contributed by atoms with E-state index in [1.807, 2.05) is 4.98 Å². The summed E-state index contributed by atoms with van der Waals surface area (Å²) in [5.41, 5.74) is -2.91. The predicted octanol–water partition coefficient (Wildman–Crippen LogP) is 0.634. The van der Waals surface area contributed by atoms with Crippen LogP contribution in [0, 0.1) is 17.5 Å². The summed E-state index contributed by atoms with van der Waals surface area (Å²) in [5, 5.41) is -0.714. The fourth-order valence-electron chi connectivity index (χ4n) is 1.25. The zero-order valence-electron chi connectivity index (χ0n) is 7.03. The van der Waals surface area contributed by atoms with E-state index in [0.29, 0.717) is 0 Å². The van der Waals surface area contributed by atoms with Crippen LogP contribution in [0.5, 0.6) is 0 Å². The van der Waals surface area contributed by atoms with Gasteiger partial charge in [-0.25, -0.2) is 18.0 Å². The zero-order valence-corrected chi connectivity index (χ0v) is 7.03. The minimum Gasteiger partial charge on any atom is -0.304 e. The number of rotatable bonds is 0. The molecule has 0 amide bonds. The molecule has 0 bridgehead atoms. The lowest BCUT2D eigenvalue weighted by molar-refractivity contribution is 0.503. The average molecular weight is 216 g/mol. The van der Waals surface area contributed by atoms with Gasteiger partial charge in [-0.2, -0.15) is 0 Å². The second kappa shape index (κ2) is 2.97. The molecule has 1 aromatic carbocycles. The summed E-state index contributed by atoms with van der Waals surface area (Å²) < 4.78 is 38.9. The Morgan fingerprint density at radius 1 is 1.00 bits per heavy atom. The van der Waals surface area contributed by atoms with E-state index >= 15 is 0 Å². The molecule has 15 heavy (non-hydrogen) atoms. The summed E-state index contributed by atoms with van der Waals surface area (Å²) in [6.07, 6.45) is 0. The molecule has 0 aliphatic heterocycles. The van der Waals surface area contributed by atoms with Gasteiger partial charge in [0, 0.05) is 6.07 Å². The number of H-pyrrole nitrogens is 2. The fourth-order valence-corrected chi connectivity index (χ4v) is 1.25. The fraction of sp³-hybridized carbons (Fsp3) is 0. The van der Waals surface area contributed by atoms with Gasteiger partial charge >= 0.3 is 5.69 Å². The highest BCUT2D eigenvalue weighted by atomic mass is 19.2. The highest BCUT2D eigenvalue weighted by Crippen LogP contribution is 2.17. The third kappa shape index (κ3) is 1.32. The van der Waals surface area contributed by atoms with E-state index < -0.39 is 39.6 Å². The van der Waals surface area contributed by atoms with Crippen LogP contribution >= 0.6 is 0 Å². The Bertz CT molecular complexity index is 659. The molecule has 0 saturated carbocycles. The average Bonchev–Trinajstić information content (AvgIpc) is 2.12.